The summed E-state index contributed by atoms with van der Waals surface area (Å²) in [6.07, 6.45) is 2.14. The molecule has 20 heavy (non-hydrogen) atoms. The molecule has 0 radical (unpaired) electrons. The lowest BCUT2D eigenvalue weighted by Crippen LogP contribution is -2.32. The van der Waals surface area contributed by atoms with Crippen LogP contribution in [-0.2, 0) is 7.05 Å². The Hall–Kier alpha value is -2.03. The minimum atomic E-state index is 0.826. The summed E-state index contributed by atoms with van der Waals surface area (Å²) in [6.45, 7) is 8.46. The van der Waals surface area contributed by atoms with Crippen molar-refractivity contribution in [1.82, 2.24) is 0 Å². The number of nitrogens with one attached hydrogen (secondary N) is 1. The van der Waals surface area contributed by atoms with Crippen molar-refractivity contribution in [3.05, 3.63) is 40.6 Å². The Morgan fingerprint density at radius 3 is 2.20 bits per heavy atom. The average molecular weight is 270 g/mol. The van der Waals surface area contributed by atoms with Gasteiger partial charge in [0.05, 0.1) is 16.9 Å². The molecule has 0 amide bonds. The predicted octanol–water partition coefficient (Wildman–Crippen LogP) is 3.04. The lowest BCUT2D eigenvalue weighted by molar-refractivity contribution is -0.661. The van der Waals surface area contributed by atoms with Crippen LogP contribution in [0.5, 0.6) is 0 Å². The van der Waals surface area contributed by atoms with Crippen LogP contribution in [0.25, 0.3) is 11.3 Å². The molecule has 1 aromatic carbocycles. The second kappa shape index (κ2) is 5.16. The molecule has 2 rings (SSSR count). The van der Waals surface area contributed by atoms with Gasteiger partial charge in [-0.15, -0.1) is 0 Å². The summed E-state index contributed by atoms with van der Waals surface area (Å²) < 4.78 is 2.16. The highest BCUT2D eigenvalue weighted by molar-refractivity contribution is 5.88. The highest BCUT2D eigenvalue weighted by Gasteiger charge is 2.21. The Labute approximate surface area is 121 Å². The predicted molar refractivity (Wildman–Crippen MR) is 86.0 cm³/mol. The first-order chi connectivity index (χ1) is 9.36. The van der Waals surface area contributed by atoms with Crippen LogP contribution < -0.4 is 15.6 Å². The molecule has 1 heterocycles. The SMILES string of the molecule is CNc1c(C)cc(C)c(-c2c(C)cc(C)c[n+]2C)c1N. The molecule has 0 aliphatic rings. The highest BCUT2D eigenvalue weighted by atomic mass is 14.9. The fraction of sp³-hybridized carbons (Fsp3) is 0.353. The van der Waals surface area contributed by atoms with Gasteiger partial charge in [0.2, 0.25) is 5.69 Å². The number of aryl methyl sites for hydroxylation is 5. The Balaban J connectivity index is 2.83. The molecule has 3 heteroatoms. The summed E-state index contributed by atoms with van der Waals surface area (Å²) in [4.78, 5) is 0. The van der Waals surface area contributed by atoms with Crippen molar-refractivity contribution < 1.29 is 4.57 Å². The van der Waals surface area contributed by atoms with E-state index in [0.29, 0.717) is 0 Å². The Morgan fingerprint density at radius 1 is 1.00 bits per heavy atom. The number of pyridine rings is 1. The molecule has 0 spiro atoms. The van der Waals surface area contributed by atoms with Crippen molar-refractivity contribution >= 4 is 11.4 Å². The minimum absolute atomic E-state index is 0.826. The Kier molecular flexibility index (Phi) is 3.71. The van der Waals surface area contributed by atoms with Crippen molar-refractivity contribution in [2.75, 3.05) is 18.1 Å². The van der Waals surface area contributed by atoms with Gasteiger partial charge in [-0.05, 0) is 44.9 Å². The molecule has 0 saturated heterocycles. The van der Waals surface area contributed by atoms with E-state index in [1.165, 1.54) is 27.9 Å². The van der Waals surface area contributed by atoms with Gasteiger partial charge in [-0.25, -0.2) is 4.57 Å². The van der Waals surface area contributed by atoms with Crippen LogP contribution in [0.4, 0.5) is 11.4 Å². The molecule has 2 aromatic rings. The largest absolute Gasteiger partial charge is 0.396 e. The number of nitrogens with zero attached hydrogens (tertiary/aromatic N) is 1. The monoisotopic (exact) mass is 270 g/mol. The van der Waals surface area contributed by atoms with Crippen molar-refractivity contribution in [2.24, 2.45) is 7.05 Å². The number of nitrogen functional groups attached to an aromatic ring is 1. The van der Waals surface area contributed by atoms with Crippen molar-refractivity contribution in [3.8, 4) is 11.3 Å². The van der Waals surface area contributed by atoms with Crippen molar-refractivity contribution in [1.29, 1.82) is 0 Å². The molecule has 0 aliphatic heterocycles. The second-order valence-corrected chi connectivity index (χ2v) is 5.58. The van der Waals surface area contributed by atoms with Crippen LogP contribution in [0.3, 0.4) is 0 Å². The standard InChI is InChI=1S/C17H23N3/c1-10-7-13(4)17(20(6)9-10)14-11(2)8-12(3)16(19-5)15(14)18/h7-9,18-19H,1-6H3/p+1. The molecule has 3 nitrogen and oxygen atoms in total. The van der Waals surface area contributed by atoms with E-state index in [0.717, 1.165) is 16.9 Å². The molecular formula is C17H24N3+. The Bertz CT molecular complexity index is 649. The number of benzene rings is 1. The van der Waals surface area contributed by atoms with Crippen LogP contribution in [0.1, 0.15) is 22.3 Å². The Morgan fingerprint density at radius 2 is 1.65 bits per heavy atom. The topological polar surface area (TPSA) is 41.9 Å². The van der Waals surface area contributed by atoms with Gasteiger partial charge in [0.15, 0.2) is 6.20 Å². The molecule has 0 aliphatic carbocycles. The summed E-state index contributed by atoms with van der Waals surface area (Å²) in [6, 6.07) is 4.39. The minimum Gasteiger partial charge on any atom is -0.396 e. The van der Waals surface area contributed by atoms with Gasteiger partial charge in [0, 0.05) is 18.2 Å². The third kappa shape index (κ3) is 2.24. The highest BCUT2D eigenvalue weighted by Crippen LogP contribution is 2.36. The van der Waals surface area contributed by atoms with Crippen LogP contribution >= 0.6 is 0 Å². The molecule has 106 valence electrons. The first kappa shape index (κ1) is 14.4. The smallest absolute Gasteiger partial charge is 0.217 e. The van der Waals surface area contributed by atoms with E-state index < -0.39 is 0 Å². The van der Waals surface area contributed by atoms with E-state index in [1.54, 1.807) is 0 Å². The van der Waals surface area contributed by atoms with E-state index >= 15 is 0 Å². The third-order valence-corrected chi connectivity index (χ3v) is 3.81. The number of rotatable bonds is 2. The van der Waals surface area contributed by atoms with Crippen LogP contribution in [-0.4, -0.2) is 7.05 Å². The second-order valence-electron chi connectivity index (χ2n) is 5.58. The maximum atomic E-state index is 6.43. The lowest BCUT2D eigenvalue weighted by atomic mass is 9.95. The summed E-state index contributed by atoms with van der Waals surface area (Å²) in [7, 11) is 3.99. The molecule has 1 aromatic heterocycles. The first-order valence-corrected chi connectivity index (χ1v) is 6.91. The zero-order valence-electron chi connectivity index (χ0n) is 13.3. The summed E-state index contributed by atoms with van der Waals surface area (Å²) in [5.74, 6) is 0. The van der Waals surface area contributed by atoms with Gasteiger partial charge in [-0.1, -0.05) is 6.07 Å². The van der Waals surface area contributed by atoms with Gasteiger partial charge in [0.25, 0.3) is 0 Å². The fourth-order valence-electron chi connectivity index (χ4n) is 3.13. The molecule has 0 bridgehead atoms. The zero-order valence-corrected chi connectivity index (χ0v) is 13.3. The van der Waals surface area contributed by atoms with Crippen LogP contribution in [0, 0.1) is 27.7 Å². The van der Waals surface area contributed by atoms with Crippen LogP contribution in [0.15, 0.2) is 18.3 Å². The van der Waals surface area contributed by atoms with Gasteiger partial charge in [0.1, 0.15) is 7.05 Å². The van der Waals surface area contributed by atoms with Gasteiger partial charge < -0.3 is 11.1 Å². The fourth-order valence-corrected chi connectivity index (χ4v) is 3.13. The summed E-state index contributed by atoms with van der Waals surface area (Å²) in [5, 5.41) is 3.22. The molecule has 3 N–H and O–H groups in total. The maximum absolute atomic E-state index is 6.43. The van der Waals surface area contributed by atoms with Crippen molar-refractivity contribution in [2.45, 2.75) is 27.7 Å². The molecule has 0 saturated carbocycles. The van der Waals surface area contributed by atoms with Crippen molar-refractivity contribution in [3.63, 3.8) is 0 Å². The average Bonchev–Trinajstić information content (AvgIpc) is 2.32. The zero-order chi connectivity index (χ0) is 15.0. The van der Waals surface area contributed by atoms with E-state index in [9.17, 15) is 0 Å². The number of aromatic nitrogens is 1. The van der Waals surface area contributed by atoms with E-state index in [2.05, 4.69) is 63.0 Å². The summed E-state index contributed by atoms with van der Waals surface area (Å²) >= 11 is 0. The molecule has 0 unspecified atom stereocenters. The van der Waals surface area contributed by atoms with E-state index in [-0.39, 0.29) is 0 Å². The normalized spacial score (nSPS) is 10.7. The van der Waals surface area contributed by atoms with Gasteiger partial charge in [-0.2, -0.15) is 0 Å². The van der Waals surface area contributed by atoms with E-state index in [4.69, 9.17) is 5.73 Å². The molecular weight excluding hydrogens is 246 g/mol. The third-order valence-electron chi connectivity index (χ3n) is 3.81. The number of anilines is 2. The maximum Gasteiger partial charge on any atom is 0.217 e. The molecule has 0 atom stereocenters. The van der Waals surface area contributed by atoms with Gasteiger partial charge >= 0.3 is 0 Å². The first-order valence-electron chi connectivity index (χ1n) is 6.91. The quantitative estimate of drug-likeness (QED) is 0.650. The van der Waals surface area contributed by atoms with E-state index in [1.807, 2.05) is 7.05 Å². The number of nitrogens with two attached hydrogens (primary N) is 1. The van der Waals surface area contributed by atoms with Crippen LogP contribution in [0.2, 0.25) is 0 Å². The lowest BCUT2D eigenvalue weighted by Gasteiger charge is -2.16. The summed E-state index contributed by atoms with van der Waals surface area (Å²) in [5.41, 5.74) is 15.5. The molecule has 0 fully saturated rings. The number of hydrogen-bond acceptors (Lipinski definition) is 2. The number of hydrogen-bond donors (Lipinski definition) is 2. The van der Waals surface area contributed by atoms with Gasteiger partial charge in [-0.3, -0.25) is 0 Å².